The van der Waals surface area contributed by atoms with Gasteiger partial charge in [0.05, 0.1) is 30.0 Å². The fourth-order valence-electron chi connectivity index (χ4n) is 4.64. The summed E-state index contributed by atoms with van der Waals surface area (Å²) in [4.78, 5) is 16.7. The second kappa shape index (κ2) is 10.5. The van der Waals surface area contributed by atoms with Crippen LogP contribution in [0.3, 0.4) is 0 Å². The number of pyridine rings is 1. The van der Waals surface area contributed by atoms with Gasteiger partial charge in [0.1, 0.15) is 17.5 Å². The molecule has 2 aliphatic rings. The van der Waals surface area contributed by atoms with E-state index in [2.05, 4.69) is 20.3 Å². The van der Waals surface area contributed by atoms with Crippen LogP contribution in [-0.4, -0.2) is 54.3 Å². The third kappa shape index (κ3) is 5.84. The first kappa shape index (κ1) is 26.9. The van der Waals surface area contributed by atoms with Crippen LogP contribution in [0.2, 0.25) is 0 Å². The van der Waals surface area contributed by atoms with Crippen molar-refractivity contribution in [1.29, 1.82) is 0 Å². The van der Waals surface area contributed by atoms with Crippen LogP contribution in [-0.2, 0) is 29.9 Å². The van der Waals surface area contributed by atoms with Crippen LogP contribution in [0, 0.1) is 5.82 Å². The third-order valence-corrected chi connectivity index (χ3v) is 6.55. The van der Waals surface area contributed by atoms with Crippen LogP contribution in [0.5, 0.6) is 0 Å². The van der Waals surface area contributed by atoms with Crippen LogP contribution in [0.25, 0.3) is 0 Å². The van der Waals surface area contributed by atoms with Crippen molar-refractivity contribution >= 4 is 23.3 Å². The molecule has 0 amide bonds. The molecule has 2 aromatic heterocycles. The summed E-state index contributed by atoms with van der Waals surface area (Å²) in [6.45, 7) is 2.25. The topological polar surface area (TPSA) is 66.4 Å². The van der Waals surface area contributed by atoms with E-state index in [4.69, 9.17) is 4.74 Å². The van der Waals surface area contributed by atoms with Gasteiger partial charge in [-0.05, 0) is 36.8 Å². The lowest BCUT2D eigenvalue weighted by molar-refractivity contribution is -0.140. The lowest BCUT2D eigenvalue weighted by atomic mass is 10.1. The molecule has 0 atom stereocenters. The maximum atomic E-state index is 14.3. The molecule has 1 saturated heterocycles. The Bertz CT molecular complexity index is 1340. The van der Waals surface area contributed by atoms with Crippen molar-refractivity contribution < 1.29 is 35.5 Å². The van der Waals surface area contributed by atoms with Gasteiger partial charge in [-0.15, -0.1) is 0 Å². The van der Waals surface area contributed by atoms with Crippen LogP contribution >= 0.6 is 0 Å². The number of nitrogens with zero attached hydrogens (tertiary/aromatic N) is 5. The maximum Gasteiger partial charge on any atom is 0.419 e. The molecule has 7 nitrogen and oxygen atoms in total. The van der Waals surface area contributed by atoms with Gasteiger partial charge in [-0.1, -0.05) is 0 Å². The Hall–Kier alpha value is -3.68. The van der Waals surface area contributed by atoms with Gasteiger partial charge in [0.25, 0.3) is 0 Å². The Morgan fingerprint density at radius 3 is 2.23 bits per heavy atom. The molecule has 0 bridgehead atoms. The van der Waals surface area contributed by atoms with E-state index < -0.39 is 29.3 Å². The zero-order valence-electron chi connectivity index (χ0n) is 20.4. The maximum absolute atomic E-state index is 14.3. The minimum absolute atomic E-state index is 0.0412. The summed E-state index contributed by atoms with van der Waals surface area (Å²) in [5, 5.41) is 2.92. The van der Waals surface area contributed by atoms with Gasteiger partial charge in [0.2, 0.25) is 5.95 Å². The smallest absolute Gasteiger partial charge is 0.378 e. The molecule has 14 heteroatoms. The molecule has 0 aliphatic carbocycles. The molecule has 208 valence electrons. The van der Waals surface area contributed by atoms with Crippen molar-refractivity contribution in [2.45, 2.75) is 25.2 Å². The number of fused-ring (bicyclic) bond motifs is 1. The number of ether oxygens (including phenoxy) is 1. The summed E-state index contributed by atoms with van der Waals surface area (Å²) < 4.78 is 99.7. The number of anilines is 4. The predicted octanol–water partition coefficient (Wildman–Crippen LogP) is 5.23. The molecular formula is C25H23F7N6O. The lowest BCUT2D eigenvalue weighted by Gasteiger charge is -2.28. The van der Waals surface area contributed by atoms with Crippen molar-refractivity contribution in [3.05, 3.63) is 64.7 Å². The molecule has 2 aliphatic heterocycles. The minimum Gasteiger partial charge on any atom is -0.378 e. The number of halogens is 7. The first-order valence-corrected chi connectivity index (χ1v) is 12.1. The van der Waals surface area contributed by atoms with Crippen LogP contribution in [0.4, 0.5) is 54.0 Å². The average Bonchev–Trinajstić information content (AvgIpc) is 3.11. The summed E-state index contributed by atoms with van der Waals surface area (Å²) in [5.74, 6) is -1.05. The van der Waals surface area contributed by atoms with Gasteiger partial charge in [0, 0.05) is 50.0 Å². The summed E-state index contributed by atoms with van der Waals surface area (Å²) in [5.41, 5.74) is -1.04. The first-order chi connectivity index (χ1) is 18.5. The summed E-state index contributed by atoms with van der Waals surface area (Å²) in [6.07, 6.45) is -7.66. The highest BCUT2D eigenvalue weighted by Gasteiger charge is 2.37. The fourth-order valence-corrected chi connectivity index (χ4v) is 4.64. The summed E-state index contributed by atoms with van der Waals surface area (Å²) in [7, 11) is 0. The summed E-state index contributed by atoms with van der Waals surface area (Å²) >= 11 is 0. The molecule has 1 aromatic carbocycles. The molecule has 1 fully saturated rings. The van der Waals surface area contributed by atoms with Gasteiger partial charge < -0.3 is 19.9 Å². The van der Waals surface area contributed by atoms with E-state index in [-0.39, 0.29) is 43.3 Å². The fraction of sp³-hybridized carbons (Fsp3) is 0.400. The highest BCUT2D eigenvalue weighted by atomic mass is 19.4. The van der Waals surface area contributed by atoms with Gasteiger partial charge >= 0.3 is 12.4 Å². The summed E-state index contributed by atoms with van der Waals surface area (Å²) in [6, 6.07) is 4.68. The van der Waals surface area contributed by atoms with E-state index in [0.717, 1.165) is 18.2 Å². The Kier molecular flexibility index (Phi) is 7.23. The molecule has 39 heavy (non-hydrogen) atoms. The average molecular weight is 556 g/mol. The van der Waals surface area contributed by atoms with Gasteiger partial charge in [0.15, 0.2) is 0 Å². The van der Waals surface area contributed by atoms with Crippen molar-refractivity contribution in [3.8, 4) is 0 Å². The largest absolute Gasteiger partial charge is 0.419 e. The quantitative estimate of drug-likeness (QED) is 0.442. The Morgan fingerprint density at radius 2 is 1.54 bits per heavy atom. The van der Waals surface area contributed by atoms with Gasteiger partial charge in [-0.2, -0.15) is 31.3 Å². The van der Waals surface area contributed by atoms with E-state index in [0.29, 0.717) is 49.6 Å². The minimum atomic E-state index is -4.84. The van der Waals surface area contributed by atoms with Crippen LogP contribution in [0.1, 0.15) is 22.4 Å². The molecule has 1 N–H and O–H groups in total. The number of aromatic nitrogens is 3. The SMILES string of the molecule is Fc1cc(Nc2nc(N3CCOCC3)nc3c2CCN(c2ncccc2C(F)(F)F)CC3)ccc1C(F)(F)F. The van der Waals surface area contributed by atoms with E-state index in [9.17, 15) is 30.7 Å². The standard InChI is InChI=1S/C25H23F7N6O/c26-19-14-15(3-4-17(19)24(27,28)29)34-21-16-5-8-37(22-18(25(30,31)32)2-1-7-33-22)9-6-20(16)35-23(36-21)38-10-12-39-13-11-38/h1-4,7,14H,5-6,8-13H2,(H,34,35,36). The van der Waals surface area contributed by atoms with E-state index in [1.54, 1.807) is 0 Å². The number of rotatable bonds is 4. The molecule has 0 radical (unpaired) electrons. The monoisotopic (exact) mass is 556 g/mol. The zero-order valence-corrected chi connectivity index (χ0v) is 20.4. The van der Waals surface area contributed by atoms with E-state index >= 15 is 0 Å². The molecule has 0 saturated carbocycles. The van der Waals surface area contributed by atoms with Crippen molar-refractivity contribution in [2.24, 2.45) is 0 Å². The molecule has 3 aromatic rings. The highest BCUT2D eigenvalue weighted by molar-refractivity contribution is 5.63. The van der Waals surface area contributed by atoms with Gasteiger partial charge in [-0.3, -0.25) is 0 Å². The van der Waals surface area contributed by atoms with Crippen LogP contribution < -0.4 is 15.1 Å². The van der Waals surface area contributed by atoms with Crippen molar-refractivity contribution in [2.75, 3.05) is 54.5 Å². The Morgan fingerprint density at radius 1 is 0.821 bits per heavy atom. The number of alkyl halides is 6. The molecular weight excluding hydrogens is 533 g/mol. The van der Waals surface area contributed by atoms with Crippen LogP contribution in [0.15, 0.2) is 36.5 Å². The number of morpholine rings is 1. The molecule has 0 spiro atoms. The number of benzene rings is 1. The van der Waals surface area contributed by atoms with E-state index in [1.807, 2.05) is 4.90 Å². The zero-order chi connectivity index (χ0) is 27.8. The second-order valence-corrected chi connectivity index (χ2v) is 9.07. The molecule has 4 heterocycles. The third-order valence-electron chi connectivity index (χ3n) is 6.55. The Labute approximate surface area is 218 Å². The van der Waals surface area contributed by atoms with Gasteiger partial charge in [-0.25, -0.2) is 14.4 Å². The first-order valence-electron chi connectivity index (χ1n) is 12.1. The number of hydrogen-bond acceptors (Lipinski definition) is 7. The normalized spacial score (nSPS) is 16.6. The Balaban J connectivity index is 1.50. The second-order valence-electron chi connectivity index (χ2n) is 9.07. The predicted molar refractivity (Wildman–Crippen MR) is 129 cm³/mol. The van der Waals surface area contributed by atoms with E-state index in [1.165, 1.54) is 17.2 Å². The van der Waals surface area contributed by atoms with Crippen molar-refractivity contribution in [3.63, 3.8) is 0 Å². The van der Waals surface area contributed by atoms with Crippen molar-refractivity contribution in [1.82, 2.24) is 15.0 Å². The number of nitrogens with one attached hydrogen (secondary N) is 1. The number of hydrogen-bond donors (Lipinski definition) is 1. The highest BCUT2D eigenvalue weighted by Crippen LogP contribution is 2.37. The lowest BCUT2D eigenvalue weighted by Crippen LogP contribution is -2.37. The molecule has 5 rings (SSSR count). The molecule has 0 unspecified atom stereocenters.